The van der Waals surface area contributed by atoms with Crippen molar-refractivity contribution in [3.63, 3.8) is 0 Å². The van der Waals surface area contributed by atoms with E-state index in [9.17, 15) is 9.18 Å². The molecule has 2 N–H and O–H groups in total. The van der Waals surface area contributed by atoms with Crippen LogP contribution in [0.4, 0.5) is 10.1 Å². The highest BCUT2D eigenvalue weighted by atomic mass is 19.1. The first-order valence-corrected chi connectivity index (χ1v) is 7.66. The lowest BCUT2D eigenvalue weighted by Gasteiger charge is -2.32. The Kier molecular flexibility index (Phi) is 6.14. The van der Waals surface area contributed by atoms with Crippen LogP contribution in [-0.4, -0.2) is 43.5 Å². The summed E-state index contributed by atoms with van der Waals surface area (Å²) in [5.41, 5.74) is 0.515. The number of nitrogens with one attached hydrogen (secondary N) is 2. The molecule has 5 heteroatoms. The Morgan fingerprint density at radius 3 is 3.10 bits per heavy atom. The van der Waals surface area contributed by atoms with Gasteiger partial charge in [-0.25, -0.2) is 4.39 Å². The zero-order chi connectivity index (χ0) is 15.1. The monoisotopic (exact) mass is 293 g/mol. The van der Waals surface area contributed by atoms with Crippen molar-refractivity contribution in [2.75, 3.05) is 38.0 Å². The van der Waals surface area contributed by atoms with E-state index in [4.69, 9.17) is 0 Å². The zero-order valence-electron chi connectivity index (χ0n) is 12.6. The fourth-order valence-corrected chi connectivity index (χ4v) is 2.78. The van der Waals surface area contributed by atoms with Gasteiger partial charge in [0.2, 0.25) is 5.91 Å². The smallest absolute Gasteiger partial charge is 0.238 e. The molecule has 1 aromatic carbocycles. The summed E-state index contributed by atoms with van der Waals surface area (Å²) in [7, 11) is 0. The second-order valence-electron chi connectivity index (χ2n) is 5.61. The molecule has 0 bridgehead atoms. The van der Waals surface area contributed by atoms with Crippen molar-refractivity contribution in [1.29, 1.82) is 0 Å². The molecule has 1 atom stereocenters. The van der Waals surface area contributed by atoms with Gasteiger partial charge < -0.3 is 10.6 Å². The summed E-state index contributed by atoms with van der Waals surface area (Å²) in [6.45, 7) is 6.38. The molecule has 1 saturated heterocycles. The minimum atomic E-state index is -0.337. The summed E-state index contributed by atoms with van der Waals surface area (Å²) < 4.78 is 13.1. The molecule has 2 rings (SSSR count). The van der Waals surface area contributed by atoms with Crippen molar-refractivity contribution in [2.24, 2.45) is 5.92 Å². The number of carbonyl (C=O) groups excluding carboxylic acids is 1. The average molecular weight is 293 g/mol. The third kappa shape index (κ3) is 5.44. The molecule has 4 nitrogen and oxygen atoms in total. The van der Waals surface area contributed by atoms with E-state index in [0.29, 0.717) is 18.2 Å². The van der Waals surface area contributed by atoms with Crippen LogP contribution in [0.25, 0.3) is 0 Å². The number of carbonyl (C=O) groups is 1. The average Bonchev–Trinajstić information content (AvgIpc) is 2.45. The fraction of sp³-hybridized carbons (Fsp3) is 0.562. The molecule has 1 aliphatic rings. The maximum Gasteiger partial charge on any atom is 0.238 e. The molecule has 1 aromatic rings. The SMILES string of the molecule is CCNCC1CCCN(CC(=O)Nc2cccc(F)c2)C1. The quantitative estimate of drug-likeness (QED) is 0.844. The number of hydrogen-bond donors (Lipinski definition) is 2. The number of nitrogens with zero attached hydrogens (tertiary/aromatic N) is 1. The number of anilines is 1. The first-order chi connectivity index (χ1) is 10.2. The van der Waals surface area contributed by atoms with E-state index in [1.54, 1.807) is 12.1 Å². The Labute approximate surface area is 125 Å². The molecular formula is C16H24FN3O. The van der Waals surface area contributed by atoms with Gasteiger partial charge in [0.1, 0.15) is 5.82 Å². The molecule has 1 unspecified atom stereocenters. The van der Waals surface area contributed by atoms with E-state index in [0.717, 1.165) is 32.6 Å². The van der Waals surface area contributed by atoms with Gasteiger partial charge >= 0.3 is 0 Å². The van der Waals surface area contributed by atoms with Gasteiger partial charge in [-0.2, -0.15) is 0 Å². The van der Waals surface area contributed by atoms with Gasteiger partial charge in [0.25, 0.3) is 0 Å². The van der Waals surface area contributed by atoms with Crippen molar-refractivity contribution < 1.29 is 9.18 Å². The molecule has 21 heavy (non-hydrogen) atoms. The Morgan fingerprint density at radius 1 is 1.48 bits per heavy atom. The Morgan fingerprint density at radius 2 is 2.33 bits per heavy atom. The fourth-order valence-electron chi connectivity index (χ4n) is 2.78. The highest BCUT2D eigenvalue weighted by molar-refractivity contribution is 5.92. The second kappa shape index (κ2) is 8.10. The van der Waals surface area contributed by atoms with E-state index in [1.165, 1.54) is 18.6 Å². The molecule has 1 aliphatic heterocycles. The summed E-state index contributed by atoms with van der Waals surface area (Å²) >= 11 is 0. The predicted octanol–water partition coefficient (Wildman–Crippen LogP) is 2.09. The lowest BCUT2D eigenvalue weighted by atomic mass is 9.98. The topological polar surface area (TPSA) is 44.4 Å². The summed E-state index contributed by atoms with van der Waals surface area (Å²) in [4.78, 5) is 14.2. The standard InChI is InChI=1S/C16H24FN3O/c1-2-18-10-13-5-4-8-20(11-13)12-16(21)19-15-7-3-6-14(17)9-15/h3,6-7,9,13,18H,2,4-5,8,10-12H2,1H3,(H,19,21). The lowest BCUT2D eigenvalue weighted by molar-refractivity contribution is -0.117. The van der Waals surface area contributed by atoms with Crippen LogP contribution in [0, 0.1) is 11.7 Å². The van der Waals surface area contributed by atoms with Crippen LogP contribution < -0.4 is 10.6 Å². The minimum Gasteiger partial charge on any atom is -0.325 e. The zero-order valence-corrected chi connectivity index (χ0v) is 12.6. The number of benzene rings is 1. The van der Waals surface area contributed by atoms with Crippen molar-refractivity contribution in [1.82, 2.24) is 10.2 Å². The molecule has 116 valence electrons. The number of amides is 1. The van der Waals surface area contributed by atoms with Crippen LogP contribution in [0.3, 0.4) is 0 Å². The molecule has 0 saturated carbocycles. The second-order valence-corrected chi connectivity index (χ2v) is 5.61. The number of piperidine rings is 1. The molecule has 0 radical (unpaired) electrons. The number of hydrogen-bond acceptors (Lipinski definition) is 3. The van der Waals surface area contributed by atoms with Gasteiger partial charge in [0.05, 0.1) is 6.54 Å². The van der Waals surface area contributed by atoms with E-state index < -0.39 is 0 Å². The molecule has 1 heterocycles. The molecule has 0 aromatic heterocycles. The van der Waals surface area contributed by atoms with E-state index in [-0.39, 0.29) is 11.7 Å². The summed E-state index contributed by atoms with van der Waals surface area (Å²) in [5.74, 6) is 0.196. The molecule has 0 spiro atoms. The van der Waals surface area contributed by atoms with Gasteiger partial charge in [-0.15, -0.1) is 0 Å². The van der Waals surface area contributed by atoms with Crippen LogP contribution in [0.15, 0.2) is 24.3 Å². The van der Waals surface area contributed by atoms with Crippen LogP contribution in [-0.2, 0) is 4.79 Å². The molecular weight excluding hydrogens is 269 g/mol. The van der Waals surface area contributed by atoms with Crippen molar-refractivity contribution in [3.05, 3.63) is 30.1 Å². The number of likely N-dealkylation sites (tertiary alicyclic amines) is 1. The van der Waals surface area contributed by atoms with Gasteiger partial charge in [-0.1, -0.05) is 13.0 Å². The Hall–Kier alpha value is -1.46. The highest BCUT2D eigenvalue weighted by Crippen LogP contribution is 2.16. The van der Waals surface area contributed by atoms with Gasteiger partial charge in [-0.05, 0) is 56.6 Å². The lowest BCUT2D eigenvalue weighted by Crippen LogP contribution is -2.43. The van der Waals surface area contributed by atoms with Gasteiger partial charge in [0.15, 0.2) is 0 Å². The normalized spacial score (nSPS) is 19.4. The van der Waals surface area contributed by atoms with Crippen LogP contribution >= 0.6 is 0 Å². The van der Waals surface area contributed by atoms with Crippen molar-refractivity contribution in [3.8, 4) is 0 Å². The van der Waals surface area contributed by atoms with E-state index in [1.807, 2.05) is 0 Å². The van der Waals surface area contributed by atoms with Gasteiger partial charge in [-0.3, -0.25) is 9.69 Å². The molecule has 1 amide bonds. The maximum atomic E-state index is 13.1. The Bertz CT molecular complexity index is 467. The largest absolute Gasteiger partial charge is 0.325 e. The van der Waals surface area contributed by atoms with Gasteiger partial charge in [0, 0.05) is 12.2 Å². The third-order valence-electron chi connectivity index (χ3n) is 3.76. The summed E-state index contributed by atoms with van der Waals surface area (Å²) in [6.07, 6.45) is 2.35. The predicted molar refractivity (Wildman–Crippen MR) is 82.7 cm³/mol. The van der Waals surface area contributed by atoms with E-state index >= 15 is 0 Å². The van der Waals surface area contributed by atoms with Crippen LogP contribution in [0.2, 0.25) is 0 Å². The Balaban J connectivity index is 1.79. The van der Waals surface area contributed by atoms with Crippen molar-refractivity contribution in [2.45, 2.75) is 19.8 Å². The van der Waals surface area contributed by atoms with Crippen LogP contribution in [0.1, 0.15) is 19.8 Å². The summed E-state index contributed by atoms with van der Waals surface area (Å²) in [5, 5.41) is 6.12. The number of rotatable bonds is 6. The first-order valence-electron chi connectivity index (χ1n) is 7.66. The maximum absolute atomic E-state index is 13.1. The van der Waals surface area contributed by atoms with E-state index in [2.05, 4.69) is 22.5 Å². The third-order valence-corrected chi connectivity index (χ3v) is 3.76. The number of halogens is 1. The first kappa shape index (κ1) is 15.9. The highest BCUT2D eigenvalue weighted by Gasteiger charge is 2.21. The molecule has 1 fully saturated rings. The van der Waals surface area contributed by atoms with Crippen molar-refractivity contribution >= 4 is 11.6 Å². The summed E-state index contributed by atoms with van der Waals surface area (Å²) in [6, 6.07) is 6.00. The molecule has 0 aliphatic carbocycles. The van der Waals surface area contributed by atoms with Crippen LogP contribution in [0.5, 0.6) is 0 Å². The minimum absolute atomic E-state index is 0.0790.